The van der Waals surface area contributed by atoms with E-state index in [4.69, 9.17) is 4.74 Å². The summed E-state index contributed by atoms with van der Waals surface area (Å²) in [6.45, 7) is 7.74. The maximum Gasteiger partial charge on any atom is 0.230 e. The number of carbonyl (C=O) groups excluding carboxylic acids is 1. The van der Waals surface area contributed by atoms with Crippen LogP contribution in [0.2, 0.25) is 0 Å². The second-order valence-electron chi connectivity index (χ2n) is 7.58. The molecule has 4 nitrogen and oxygen atoms in total. The van der Waals surface area contributed by atoms with Gasteiger partial charge in [-0.05, 0) is 36.3 Å². The molecule has 3 aliphatic rings. The van der Waals surface area contributed by atoms with Crippen LogP contribution in [0.3, 0.4) is 0 Å². The third-order valence-corrected chi connectivity index (χ3v) is 6.07. The van der Waals surface area contributed by atoms with Crippen LogP contribution in [0, 0.1) is 5.92 Å². The van der Waals surface area contributed by atoms with Crippen LogP contribution >= 0.6 is 0 Å². The van der Waals surface area contributed by atoms with Gasteiger partial charge in [0.1, 0.15) is 0 Å². The number of morpholine rings is 1. The van der Waals surface area contributed by atoms with Gasteiger partial charge in [-0.1, -0.05) is 31.2 Å². The summed E-state index contributed by atoms with van der Waals surface area (Å²) in [6, 6.07) is 9.02. The number of carbonyl (C=O) groups is 1. The Balaban J connectivity index is 1.48. The number of aryl methyl sites for hydroxylation is 1. The molecule has 0 spiro atoms. The van der Waals surface area contributed by atoms with Crippen LogP contribution in [0.25, 0.3) is 0 Å². The smallest absolute Gasteiger partial charge is 0.230 e. The Labute approximate surface area is 144 Å². The van der Waals surface area contributed by atoms with Crippen molar-refractivity contribution in [2.75, 3.05) is 39.4 Å². The molecule has 1 amide bonds. The van der Waals surface area contributed by atoms with Crippen LogP contribution < -0.4 is 0 Å². The first-order valence-electron chi connectivity index (χ1n) is 9.42. The maximum atomic E-state index is 13.2. The molecule has 0 saturated carbocycles. The molecule has 0 N–H and O–H groups in total. The van der Waals surface area contributed by atoms with Crippen LogP contribution in [0.4, 0.5) is 0 Å². The van der Waals surface area contributed by atoms with Gasteiger partial charge in [-0.15, -0.1) is 0 Å². The number of hydrogen-bond acceptors (Lipinski definition) is 3. The quantitative estimate of drug-likeness (QED) is 0.835. The Kier molecular flexibility index (Phi) is 4.59. The van der Waals surface area contributed by atoms with Crippen molar-refractivity contribution in [3.05, 3.63) is 35.4 Å². The summed E-state index contributed by atoms with van der Waals surface area (Å²) in [5.41, 5.74) is 2.65. The molecule has 0 unspecified atom stereocenters. The van der Waals surface area contributed by atoms with E-state index in [1.165, 1.54) is 11.1 Å². The lowest BCUT2D eigenvalue weighted by Crippen LogP contribution is -2.47. The van der Waals surface area contributed by atoms with Crippen LogP contribution in [0.1, 0.15) is 36.8 Å². The minimum atomic E-state index is 0.0746. The summed E-state index contributed by atoms with van der Waals surface area (Å²) in [6.07, 6.45) is 3.25. The second-order valence-corrected chi connectivity index (χ2v) is 7.58. The topological polar surface area (TPSA) is 32.8 Å². The van der Waals surface area contributed by atoms with Gasteiger partial charge in [-0.2, -0.15) is 0 Å². The van der Waals surface area contributed by atoms with E-state index in [2.05, 4.69) is 41.0 Å². The third kappa shape index (κ3) is 2.98. The number of rotatable bonds is 2. The van der Waals surface area contributed by atoms with Crippen molar-refractivity contribution < 1.29 is 9.53 Å². The van der Waals surface area contributed by atoms with E-state index in [9.17, 15) is 4.79 Å². The zero-order valence-corrected chi connectivity index (χ0v) is 14.6. The van der Waals surface area contributed by atoms with Crippen molar-refractivity contribution >= 4 is 5.91 Å². The predicted molar refractivity (Wildman–Crippen MR) is 94.0 cm³/mol. The number of nitrogens with zero attached hydrogens (tertiary/aromatic N) is 2. The Bertz CT molecular complexity index is 597. The maximum absolute atomic E-state index is 13.2. The van der Waals surface area contributed by atoms with E-state index < -0.39 is 0 Å². The van der Waals surface area contributed by atoms with Crippen molar-refractivity contribution in [3.63, 3.8) is 0 Å². The van der Waals surface area contributed by atoms with Crippen molar-refractivity contribution in [2.24, 2.45) is 5.92 Å². The Morgan fingerprint density at radius 2 is 1.96 bits per heavy atom. The molecule has 4 heteroatoms. The fraction of sp³-hybridized carbons (Fsp3) is 0.650. The second kappa shape index (κ2) is 6.85. The summed E-state index contributed by atoms with van der Waals surface area (Å²) in [7, 11) is 0. The van der Waals surface area contributed by atoms with Crippen molar-refractivity contribution in [1.82, 2.24) is 9.80 Å². The third-order valence-electron chi connectivity index (χ3n) is 6.07. The predicted octanol–water partition coefficient (Wildman–Crippen LogP) is 2.29. The molecule has 1 aromatic rings. The summed E-state index contributed by atoms with van der Waals surface area (Å²) in [5.74, 6) is 0.973. The molecule has 0 aromatic heterocycles. The number of likely N-dealkylation sites (tertiary alicyclic amines) is 1. The van der Waals surface area contributed by atoms with Gasteiger partial charge in [0.15, 0.2) is 0 Å². The Hall–Kier alpha value is -1.39. The van der Waals surface area contributed by atoms with Gasteiger partial charge in [-0.25, -0.2) is 0 Å². The van der Waals surface area contributed by atoms with E-state index >= 15 is 0 Å². The zero-order valence-electron chi connectivity index (χ0n) is 14.6. The van der Waals surface area contributed by atoms with E-state index in [0.29, 0.717) is 17.9 Å². The first-order chi connectivity index (χ1) is 11.7. The zero-order chi connectivity index (χ0) is 16.5. The van der Waals surface area contributed by atoms with Gasteiger partial charge >= 0.3 is 0 Å². The fourth-order valence-electron chi connectivity index (χ4n) is 4.74. The summed E-state index contributed by atoms with van der Waals surface area (Å²) < 4.78 is 5.48. The van der Waals surface area contributed by atoms with Gasteiger partial charge in [0.25, 0.3) is 0 Å². The molecule has 0 bridgehead atoms. The molecule has 0 radical (unpaired) electrons. The van der Waals surface area contributed by atoms with Crippen molar-refractivity contribution in [1.29, 1.82) is 0 Å². The van der Waals surface area contributed by atoms with Gasteiger partial charge in [0, 0.05) is 32.2 Å². The molecular weight excluding hydrogens is 300 g/mol. The molecule has 2 heterocycles. The molecule has 130 valence electrons. The molecular formula is C20H28N2O2. The standard InChI is InChI=1S/C20H28N2O2/c1-15-13-22(14-19(15)21-9-11-24-12-10-21)20(23)18-8-4-6-16-5-2-3-7-17(16)18/h2-3,5,7,15,18-19H,4,6,8-14H2,1H3/t15-,18-,19+/m1/s1. The Morgan fingerprint density at radius 1 is 1.17 bits per heavy atom. The summed E-state index contributed by atoms with van der Waals surface area (Å²) >= 11 is 0. The lowest BCUT2D eigenvalue weighted by Gasteiger charge is -2.34. The van der Waals surface area contributed by atoms with Gasteiger partial charge in [0.05, 0.1) is 19.1 Å². The average Bonchev–Trinajstić information content (AvgIpc) is 3.03. The van der Waals surface area contributed by atoms with E-state index in [-0.39, 0.29) is 5.92 Å². The van der Waals surface area contributed by atoms with E-state index in [0.717, 1.165) is 58.7 Å². The summed E-state index contributed by atoms with van der Waals surface area (Å²) in [5, 5.41) is 0. The molecule has 2 aliphatic heterocycles. The normalized spacial score (nSPS) is 31.0. The molecule has 4 rings (SSSR count). The molecule has 2 fully saturated rings. The summed E-state index contributed by atoms with van der Waals surface area (Å²) in [4.78, 5) is 17.9. The molecule has 1 aliphatic carbocycles. The van der Waals surface area contributed by atoms with Crippen LogP contribution in [0.5, 0.6) is 0 Å². The molecule has 24 heavy (non-hydrogen) atoms. The van der Waals surface area contributed by atoms with E-state index in [1.54, 1.807) is 0 Å². The highest BCUT2D eigenvalue weighted by Crippen LogP contribution is 2.34. The molecule has 3 atom stereocenters. The van der Waals surface area contributed by atoms with Crippen LogP contribution in [-0.2, 0) is 16.0 Å². The minimum Gasteiger partial charge on any atom is -0.379 e. The fourth-order valence-corrected chi connectivity index (χ4v) is 4.74. The highest BCUT2D eigenvalue weighted by molar-refractivity contribution is 5.84. The highest BCUT2D eigenvalue weighted by Gasteiger charge is 2.39. The minimum absolute atomic E-state index is 0.0746. The number of benzene rings is 1. The largest absolute Gasteiger partial charge is 0.379 e. The first kappa shape index (κ1) is 16.1. The SMILES string of the molecule is C[C@@H]1CN(C(=O)[C@@H]2CCCc3ccccc32)C[C@@H]1N1CCOCC1. The number of fused-ring (bicyclic) bond motifs is 1. The highest BCUT2D eigenvalue weighted by atomic mass is 16.5. The van der Waals surface area contributed by atoms with Crippen LogP contribution in [0.15, 0.2) is 24.3 Å². The number of hydrogen-bond donors (Lipinski definition) is 0. The van der Waals surface area contributed by atoms with Crippen LogP contribution in [-0.4, -0.2) is 61.1 Å². The van der Waals surface area contributed by atoms with E-state index in [1.807, 2.05) is 0 Å². The number of ether oxygens (including phenoxy) is 1. The Morgan fingerprint density at radius 3 is 2.79 bits per heavy atom. The van der Waals surface area contributed by atoms with Crippen molar-refractivity contribution in [3.8, 4) is 0 Å². The van der Waals surface area contributed by atoms with Gasteiger partial charge in [0.2, 0.25) is 5.91 Å². The van der Waals surface area contributed by atoms with Crippen molar-refractivity contribution in [2.45, 2.75) is 38.1 Å². The lowest BCUT2D eigenvalue weighted by atomic mass is 9.82. The lowest BCUT2D eigenvalue weighted by molar-refractivity contribution is -0.132. The average molecular weight is 328 g/mol. The number of amides is 1. The molecule has 1 aromatic carbocycles. The first-order valence-corrected chi connectivity index (χ1v) is 9.42. The molecule has 2 saturated heterocycles. The van der Waals surface area contributed by atoms with Gasteiger partial charge in [-0.3, -0.25) is 9.69 Å². The monoisotopic (exact) mass is 328 g/mol. The van der Waals surface area contributed by atoms with Gasteiger partial charge < -0.3 is 9.64 Å².